The van der Waals surface area contributed by atoms with Gasteiger partial charge in [0.25, 0.3) is 5.91 Å². The summed E-state index contributed by atoms with van der Waals surface area (Å²) < 4.78 is 10.5. The lowest BCUT2D eigenvalue weighted by molar-refractivity contribution is -0.123. The highest BCUT2D eigenvalue weighted by Gasteiger charge is 2.36. The van der Waals surface area contributed by atoms with Crippen LogP contribution in [-0.2, 0) is 14.9 Å². The molecule has 1 aliphatic heterocycles. The number of carbonyl (C=O) groups excluding carboxylic acids is 2. The normalized spacial score (nSPS) is 16.9. The highest BCUT2D eigenvalue weighted by atomic mass is 16.5. The van der Waals surface area contributed by atoms with Crippen LogP contribution < -0.4 is 10.2 Å². The first kappa shape index (κ1) is 22.7. The fourth-order valence-corrected chi connectivity index (χ4v) is 3.83. The quantitative estimate of drug-likeness (QED) is 0.618. The number of aromatic nitrogens is 2. The predicted molar refractivity (Wildman–Crippen MR) is 123 cm³/mol. The van der Waals surface area contributed by atoms with Gasteiger partial charge in [-0.2, -0.15) is 0 Å². The molecule has 172 valence electrons. The summed E-state index contributed by atoms with van der Waals surface area (Å²) >= 11 is 0. The standard InChI is InChI=1S/C25H28N4O4/c1-25(2,3)18-6-8-20(9-7-18)29(24(31)21-15-33-16-27-21)22(17-5-4-11-26-13-17)23(30)28-19-10-12-32-14-19/h4-9,11,13,15-16,19,22H,10,12,14H2,1-3H3,(H,28,30). The number of rotatable bonds is 6. The van der Waals surface area contributed by atoms with E-state index in [1.165, 1.54) is 17.6 Å². The second-order valence-corrected chi connectivity index (χ2v) is 9.10. The number of pyridine rings is 1. The third-order valence-corrected chi connectivity index (χ3v) is 5.66. The zero-order valence-corrected chi connectivity index (χ0v) is 19.0. The Labute approximate surface area is 193 Å². The van der Waals surface area contributed by atoms with Crippen molar-refractivity contribution < 1.29 is 18.7 Å². The van der Waals surface area contributed by atoms with E-state index in [-0.39, 0.29) is 23.1 Å². The number of amides is 2. The molecule has 1 aliphatic rings. The number of hydrogen-bond donors (Lipinski definition) is 1. The molecule has 2 aromatic heterocycles. The maximum absolute atomic E-state index is 13.6. The van der Waals surface area contributed by atoms with Gasteiger partial charge in [0.15, 0.2) is 12.1 Å². The lowest BCUT2D eigenvalue weighted by Crippen LogP contribution is -2.47. The van der Waals surface area contributed by atoms with E-state index in [0.29, 0.717) is 24.5 Å². The van der Waals surface area contributed by atoms with E-state index < -0.39 is 11.9 Å². The molecule has 2 amide bonds. The van der Waals surface area contributed by atoms with Gasteiger partial charge in [-0.3, -0.25) is 19.5 Å². The first-order valence-electron chi connectivity index (χ1n) is 10.9. The largest absolute Gasteiger partial charge is 0.451 e. The Morgan fingerprint density at radius 3 is 2.55 bits per heavy atom. The molecule has 1 fully saturated rings. The highest BCUT2D eigenvalue weighted by molar-refractivity contribution is 6.09. The van der Waals surface area contributed by atoms with E-state index in [4.69, 9.17) is 9.15 Å². The average molecular weight is 449 g/mol. The van der Waals surface area contributed by atoms with E-state index in [1.54, 1.807) is 24.5 Å². The van der Waals surface area contributed by atoms with Crippen LogP contribution in [0.4, 0.5) is 5.69 Å². The van der Waals surface area contributed by atoms with Crippen molar-refractivity contribution in [1.82, 2.24) is 15.3 Å². The van der Waals surface area contributed by atoms with Crippen molar-refractivity contribution in [3.8, 4) is 0 Å². The topological polar surface area (TPSA) is 97.6 Å². The molecule has 0 radical (unpaired) electrons. The van der Waals surface area contributed by atoms with Crippen LogP contribution in [0.25, 0.3) is 0 Å². The number of oxazole rings is 1. The van der Waals surface area contributed by atoms with Crippen LogP contribution in [0.5, 0.6) is 0 Å². The zero-order chi connectivity index (χ0) is 23.4. The Morgan fingerprint density at radius 1 is 1.18 bits per heavy atom. The molecule has 1 N–H and O–H groups in total. The van der Waals surface area contributed by atoms with E-state index in [2.05, 4.69) is 36.1 Å². The SMILES string of the molecule is CC(C)(C)c1ccc(N(C(=O)c2cocn2)C(C(=O)NC2CCOC2)c2cccnc2)cc1. The summed E-state index contributed by atoms with van der Waals surface area (Å²) in [5.74, 6) is -0.755. The monoisotopic (exact) mass is 448 g/mol. The van der Waals surface area contributed by atoms with Crippen molar-refractivity contribution >= 4 is 17.5 Å². The van der Waals surface area contributed by atoms with Gasteiger partial charge in [-0.05, 0) is 35.6 Å². The number of hydrogen-bond acceptors (Lipinski definition) is 6. The van der Waals surface area contributed by atoms with E-state index >= 15 is 0 Å². The summed E-state index contributed by atoms with van der Waals surface area (Å²) in [6, 6.07) is 10.1. The van der Waals surface area contributed by atoms with Crippen LogP contribution in [0.2, 0.25) is 0 Å². The van der Waals surface area contributed by atoms with Crippen molar-refractivity contribution in [3.05, 3.63) is 78.3 Å². The van der Waals surface area contributed by atoms with Crippen molar-refractivity contribution in [2.45, 2.75) is 44.7 Å². The van der Waals surface area contributed by atoms with Gasteiger partial charge in [-0.1, -0.05) is 39.0 Å². The summed E-state index contributed by atoms with van der Waals surface area (Å²) in [4.78, 5) is 36.9. The van der Waals surface area contributed by atoms with Crippen LogP contribution in [0.15, 0.2) is 65.9 Å². The summed E-state index contributed by atoms with van der Waals surface area (Å²) in [6.45, 7) is 7.41. The maximum atomic E-state index is 13.6. The molecule has 0 saturated carbocycles. The first-order valence-corrected chi connectivity index (χ1v) is 10.9. The fourth-order valence-electron chi connectivity index (χ4n) is 3.83. The number of carbonyl (C=O) groups is 2. The Hall–Kier alpha value is -3.52. The summed E-state index contributed by atoms with van der Waals surface area (Å²) in [5.41, 5.74) is 2.34. The molecule has 4 rings (SSSR count). The molecule has 33 heavy (non-hydrogen) atoms. The number of nitrogens with zero attached hydrogens (tertiary/aromatic N) is 3. The molecule has 3 aromatic rings. The van der Waals surface area contributed by atoms with Gasteiger partial charge in [-0.25, -0.2) is 4.98 Å². The van der Waals surface area contributed by atoms with Gasteiger partial charge in [0.05, 0.1) is 12.6 Å². The van der Waals surface area contributed by atoms with Crippen LogP contribution in [0, 0.1) is 0 Å². The fraction of sp³-hybridized carbons (Fsp3) is 0.360. The molecule has 1 saturated heterocycles. The number of nitrogens with one attached hydrogen (secondary N) is 1. The van der Waals surface area contributed by atoms with Gasteiger partial charge in [-0.15, -0.1) is 0 Å². The molecule has 0 aliphatic carbocycles. The minimum absolute atomic E-state index is 0.0535. The minimum Gasteiger partial charge on any atom is -0.451 e. The van der Waals surface area contributed by atoms with Gasteiger partial charge in [0, 0.05) is 30.3 Å². The summed E-state index contributed by atoms with van der Waals surface area (Å²) in [6.07, 6.45) is 6.43. The number of anilines is 1. The average Bonchev–Trinajstić information content (AvgIpc) is 3.51. The van der Waals surface area contributed by atoms with Crippen molar-refractivity contribution in [1.29, 1.82) is 0 Å². The predicted octanol–water partition coefficient (Wildman–Crippen LogP) is 3.66. The third-order valence-electron chi connectivity index (χ3n) is 5.66. The van der Waals surface area contributed by atoms with Gasteiger partial charge < -0.3 is 14.5 Å². The van der Waals surface area contributed by atoms with Crippen LogP contribution in [0.1, 0.15) is 54.8 Å². The Bertz CT molecular complexity index is 1070. The van der Waals surface area contributed by atoms with Gasteiger partial charge in [0.1, 0.15) is 12.3 Å². The maximum Gasteiger partial charge on any atom is 0.281 e. The second kappa shape index (κ2) is 9.54. The van der Waals surface area contributed by atoms with Gasteiger partial charge in [0.2, 0.25) is 5.91 Å². The smallest absolute Gasteiger partial charge is 0.281 e. The van der Waals surface area contributed by atoms with E-state index in [9.17, 15) is 9.59 Å². The molecule has 2 unspecified atom stereocenters. The highest BCUT2D eigenvalue weighted by Crippen LogP contribution is 2.32. The lowest BCUT2D eigenvalue weighted by Gasteiger charge is -2.32. The van der Waals surface area contributed by atoms with Crippen LogP contribution in [-0.4, -0.2) is 41.0 Å². The van der Waals surface area contributed by atoms with E-state index in [0.717, 1.165) is 12.0 Å². The Balaban J connectivity index is 1.79. The van der Waals surface area contributed by atoms with Crippen LogP contribution in [0.3, 0.4) is 0 Å². The third kappa shape index (κ3) is 5.12. The molecule has 8 nitrogen and oxygen atoms in total. The molecular weight excluding hydrogens is 420 g/mol. The Kier molecular flexibility index (Phi) is 6.55. The Morgan fingerprint density at radius 2 is 1.97 bits per heavy atom. The molecular formula is C25H28N4O4. The van der Waals surface area contributed by atoms with Crippen molar-refractivity contribution in [2.75, 3.05) is 18.1 Å². The van der Waals surface area contributed by atoms with Crippen molar-refractivity contribution in [2.24, 2.45) is 0 Å². The molecule has 0 bridgehead atoms. The first-order chi connectivity index (χ1) is 15.8. The second-order valence-electron chi connectivity index (χ2n) is 9.10. The molecule has 8 heteroatoms. The number of benzene rings is 1. The summed E-state index contributed by atoms with van der Waals surface area (Å²) in [7, 11) is 0. The molecule has 1 aromatic carbocycles. The molecule has 0 spiro atoms. The van der Waals surface area contributed by atoms with E-state index in [1.807, 2.05) is 24.3 Å². The van der Waals surface area contributed by atoms with Gasteiger partial charge >= 0.3 is 0 Å². The minimum atomic E-state index is -0.955. The lowest BCUT2D eigenvalue weighted by atomic mass is 9.87. The molecule has 2 atom stereocenters. The zero-order valence-electron chi connectivity index (χ0n) is 19.0. The summed E-state index contributed by atoms with van der Waals surface area (Å²) in [5, 5.41) is 3.03. The van der Waals surface area contributed by atoms with Crippen LogP contribution >= 0.6 is 0 Å². The van der Waals surface area contributed by atoms with Crippen molar-refractivity contribution in [3.63, 3.8) is 0 Å². The number of ether oxygens (including phenoxy) is 1. The molecule has 3 heterocycles.